The topological polar surface area (TPSA) is 29.5 Å². The summed E-state index contributed by atoms with van der Waals surface area (Å²) in [5.41, 5.74) is 3.49. The third kappa shape index (κ3) is 5.31. The van der Waals surface area contributed by atoms with Crippen LogP contribution < -0.4 is 4.74 Å². The smallest absolute Gasteiger partial charge is 0.128 e. The number of fused-ring (bicyclic) bond motifs is 1. The summed E-state index contributed by atoms with van der Waals surface area (Å²) < 4.78 is 6.13. The van der Waals surface area contributed by atoms with Crippen molar-refractivity contribution < 1.29 is 9.84 Å². The molecule has 1 aromatic carbocycles. The van der Waals surface area contributed by atoms with Crippen molar-refractivity contribution in [3.05, 3.63) is 53.1 Å². The summed E-state index contributed by atoms with van der Waals surface area (Å²) in [6.45, 7) is 8.61. The second-order valence-corrected chi connectivity index (χ2v) is 6.88. The van der Waals surface area contributed by atoms with Crippen molar-refractivity contribution in [2.45, 2.75) is 59.0 Å². The minimum absolute atomic E-state index is 0.274. The van der Waals surface area contributed by atoms with E-state index in [9.17, 15) is 5.11 Å². The summed E-state index contributed by atoms with van der Waals surface area (Å²) in [5.74, 6) is 1.12. The minimum atomic E-state index is -0.277. The van der Waals surface area contributed by atoms with Crippen LogP contribution in [0, 0.1) is 0 Å². The maximum Gasteiger partial charge on any atom is 0.128 e. The lowest BCUT2D eigenvalue weighted by Crippen LogP contribution is -2.31. The third-order valence-electron chi connectivity index (χ3n) is 4.18. The van der Waals surface area contributed by atoms with E-state index < -0.39 is 0 Å². The molecule has 1 atom stereocenters. The Morgan fingerprint density at radius 2 is 1.96 bits per heavy atom. The molecule has 2 rings (SSSR count). The number of allylic oxidation sites excluding steroid dienone is 4. The monoisotopic (exact) mass is 312 g/mol. The van der Waals surface area contributed by atoms with E-state index >= 15 is 0 Å². The molecule has 1 N–H and O–H groups in total. The van der Waals surface area contributed by atoms with Crippen LogP contribution in [0.2, 0.25) is 0 Å². The maximum atomic E-state index is 9.52. The highest BCUT2D eigenvalue weighted by Gasteiger charge is 2.26. The normalized spacial score (nSPS) is 19.9. The molecule has 1 heterocycles. The first-order chi connectivity index (χ1) is 10.9. The lowest BCUT2D eigenvalue weighted by molar-refractivity contribution is 0.128. The van der Waals surface area contributed by atoms with Crippen LogP contribution in [0.25, 0.3) is 6.08 Å². The Kier molecular flexibility index (Phi) is 5.70. The Bertz CT molecular complexity index is 633. The van der Waals surface area contributed by atoms with Gasteiger partial charge in [0.2, 0.25) is 0 Å². The lowest BCUT2D eigenvalue weighted by atomic mass is 9.94. The first kappa shape index (κ1) is 17.4. The van der Waals surface area contributed by atoms with Crippen LogP contribution in [0.15, 0.2) is 47.6 Å². The van der Waals surface area contributed by atoms with Crippen LogP contribution in [0.5, 0.6) is 11.5 Å². The molecule has 1 aromatic rings. The van der Waals surface area contributed by atoms with Gasteiger partial charge in [-0.25, -0.2) is 0 Å². The van der Waals surface area contributed by atoms with E-state index in [4.69, 9.17) is 4.74 Å². The van der Waals surface area contributed by atoms with Gasteiger partial charge in [0, 0.05) is 5.56 Å². The van der Waals surface area contributed by atoms with Crippen molar-refractivity contribution in [2.24, 2.45) is 0 Å². The number of hydrogen-bond donors (Lipinski definition) is 1. The molecule has 23 heavy (non-hydrogen) atoms. The van der Waals surface area contributed by atoms with E-state index in [0.29, 0.717) is 0 Å². The molecule has 124 valence electrons. The number of phenolic OH excluding ortho intramolecular Hbond substituents is 1. The molecule has 0 saturated heterocycles. The van der Waals surface area contributed by atoms with E-state index in [-0.39, 0.29) is 11.4 Å². The summed E-state index contributed by atoms with van der Waals surface area (Å²) >= 11 is 0. The highest BCUT2D eigenvalue weighted by molar-refractivity contribution is 5.62. The van der Waals surface area contributed by atoms with Gasteiger partial charge in [-0.05, 0) is 77.7 Å². The molecule has 0 saturated carbocycles. The first-order valence-corrected chi connectivity index (χ1v) is 8.38. The van der Waals surface area contributed by atoms with Gasteiger partial charge in [0.05, 0.1) is 0 Å². The minimum Gasteiger partial charge on any atom is -0.508 e. The highest BCUT2D eigenvalue weighted by atomic mass is 16.5. The average molecular weight is 312 g/mol. The number of ether oxygens (including phenoxy) is 1. The second-order valence-electron chi connectivity index (χ2n) is 6.88. The van der Waals surface area contributed by atoms with Crippen LogP contribution in [-0.2, 0) is 0 Å². The van der Waals surface area contributed by atoms with Crippen molar-refractivity contribution in [1.29, 1.82) is 0 Å². The van der Waals surface area contributed by atoms with Crippen LogP contribution >= 0.6 is 0 Å². The quantitative estimate of drug-likeness (QED) is 0.650. The van der Waals surface area contributed by atoms with E-state index in [1.54, 1.807) is 12.1 Å². The summed E-state index contributed by atoms with van der Waals surface area (Å²) in [7, 11) is 0. The van der Waals surface area contributed by atoms with E-state index in [0.717, 1.165) is 37.0 Å². The number of hydrogen-bond acceptors (Lipinski definition) is 2. The molecule has 1 aliphatic rings. The molecule has 0 amide bonds. The number of benzene rings is 1. The molecular weight excluding hydrogens is 284 g/mol. The first-order valence-electron chi connectivity index (χ1n) is 8.38. The molecule has 0 bridgehead atoms. The largest absolute Gasteiger partial charge is 0.508 e. The molecule has 1 aliphatic heterocycles. The van der Waals surface area contributed by atoms with Crippen LogP contribution in [0.4, 0.5) is 0 Å². The Labute approximate surface area is 140 Å². The zero-order valence-electron chi connectivity index (χ0n) is 14.7. The molecule has 0 radical (unpaired) electrons. The molecular formula is C21H28O2. The third-order valence-corrected chi connectivity index (χ3v) is 4.18. The summed E-state index contributed by atoms with van der Waals surface area (Å²) in [4.78, 5) is 0. The van der Waals surface area contributed by atoms with Crippen molar-refractivity contribution in [2.75, 3.05) is 0 Å². The Balaban J connectivity index is 1.89. The SMILES string of the molecule is CC(C)=CCC/C(C)=C/CC[C@@]1(C)C=Cc2cc(O)ccc2O1. The highest BCUT2D eigenvalue weighted by Crippen LogP contribution is 2.35. The van der Waals surface area contributed by atoms with Gasteiger partial charge in [0.1, 0.15) is 17.1 Å². The average Bonchev–Trinajstić information content (AvgIpc) is 2.47. The van der Waals surface area contributed by atoms with Gasteiger partial charge in [0.15, 0.2) is 0 Å². The fourth-order valence-electron chi connectivity index (χ4n) is 2.74. The van der Waals surface area contributed by atoms with Crippen molar-refractivity contribution >= 4 is 6.08 Å². The molecule has 0 fully saturated rings. The molecule has 0 spiro atoms. The van der Waals surface area contributed by atoms with Gasteiger partial charge in [-0.15, -0.1) is 0 Å². The molecule has 0 aromatic heterocycles. The standard InChI is InChI=1S/C21H28O2/c1-16(2)7-5-8-17(3)9-6-13-21(4)14-12-18-15-19(22)10-11-20(18)23-21/h7,9-12,14-15,22H,5-6,8,13H2,1-4H3/b17-9+/t21-/m0/s1. The fraction of sp³-hybridized carbons (Fsp3) is 0.429. The molecule has 0 aliphatic carbocycles. The Morgan fingerprint density at radius 1 is 1.17 bits per heavy atom. The fourth-order valence-corrected chi connectivity index (χ4v) is 2.74. The zero-order chi connectivity index (χ0) is 16.9. The van der Waals surface area contributed by atoms with E-state index in [1.165, 1.54) is 11.1 Å². The second kappa shape index (κ2) is 7.54. The predicted octanol–water partition coefficient (Wildman–Crippen LogP) is 6.03. The Morgan fingerprint density at radius 3 is 2.70 bits per heavy atom. The summed E-state index contributed by atoms with van der Waals surface area (Å²) in [5, 5.41) is 9.52. The van der Waals surface area contributed by atoms with Gasteiger partial charge in [-0.3, -0.25) is 0 Å². The predicted molar refractivity (Wildman–Crippen MR) is 97.8 cm³/mol. The summed E-state index contributed by atoms with van der Waals surface area (Å²) in [6.07, 6.45) is 13.0. The van der Waals surface area contributed by atoms with E-state index in [2.05, 4.69) is 45.9 Å². The van der Waals surface area contributed by atoms with E-state index in [1.807, 2.05) is 12.1 Å². The van der Waals surface area contributed by atoms with Crippen LogP contribution in [0.1, 0.15) is 58.9 Å². The number of phenols is 1. The molecule has 2 nitrogen and oxygen atoms in total. The van der Waals surface area contributed by atoms with Gasteiger partial charge >= 0.3 is 0 Å². The van der Waals surface area contributed by atoms with Crippen molar-refractivity contribution in [3.63, 3.8) is 0 Å². The van der Waals surface area contributed by atoms with Gasteiger partial charge in [0.25, 0.3) is 0 Å². The molecule has 0 unspecified atom stereocenters. The number of rotatable bonds is 6. The maximum absolute atomic E-state index is 9.52. The van der Waals surface area contributed by atoms with Crippen LogP contribution in [0.3, 0.4) is 0 Å². The zero-order valence-corrected chi connectivity index (χ0v) is 14.7. The van der Waals surface area contributed by atoms with Gasteiger partial charge < -0.3 is 9.84 Å². The Hall–Kier alpha value is -1.96. The van der Waals surface area contributed by atoms with Crippen molar-refractivity contribution in [1.82, 2.24) is 0 Å². The lowest BCUT2D eigenvalue weighted by Gasteiger charge is -2.31. The van der Waals surface area contributed by atoms with Crippen molar-refractivity contribution in [3.8, 4) is 11.5 Å². The number of aromatic hydroxyl groups is 1. The van der Waals surface area contributed by atoms with Gasteiger partial charge in [-0.2, -0.15) is 0 Å². The van der Waals surface area contributed by atoms with Crippen LogP contribution in [-0.4, -0.2) is 10.7 Å². The summed E-state index contributed by atoms with van der Waals surface area (Å²) in [6, 6.07) is 5.25. The molecule has 2 heteroatoms. The van der Waals surface area contributed by atoms with Gasteiger partial charge in [-0.1, -0.05) is 29.4 Å².